The predicted molar refractivity (Wildman–Crippen MR) is 111 cm³/mol. The van der Waals surface area contributed by atoms with Crippen LogP contribution >= 0.6 is 8.25 Å². The molecule has 2 aromatic rings. The lowest BCUT2D eigenvalue weighted by atomic mass is 9.87. The first kappa shape index (κ1) is 23.4. The summed E-state index contributed by atoms with van der Waals surface area (Å²) in [7, 11) is -7.70. The quantitative estimate of drug-likeness (QED) is 0.417. The van der Waals surface area contributed by atoms with Crippen molar-refractivity contribution in [3.8, 4) is 11.5 Å². The second kappa shape index (κ2) is 9.78. The average Bonchev–Trinajstić information content (AvgIpc) is 2.60. The lowest BCUT2D eigenvalue weighted by molar-refractivity contribution is 0.225. The van der Waals surface area contributed by atoms with Crippen LogP contribution in [0.15, 0.2) is 48.5 Å². The van der Waals surface area contributed by atoms with Gasteiger partial charge in [0.25, 0.3) is 10.1 Å². The summed E-state index contributed by atoms with van der Waals surface area (Å²) < 4.78 is 52.5. The molecule has 2 rings (SSSR count). The Balaban J connectivity index is 1.98. The fourth-order valence-corrected chi connectivity index (χ4v) is 4.18. The van der Waals surface area contributed by atoms with Crippen molar-refractivity contribution in [2.75, 3.05) is 0 Å². The predicted octanol–water partition coefficient (Wildman–Crippen LogP) is 4.98. The highest BCUT2D eigenvalue weighted by atomic mass is 32.2. The summed E-state index contributed by atoms with van der Waals surface area (Å²) in [4.78, 5) is 8.74. The zero-order valence-electron chi connectivity index (χ0n) is 16.6. The highest BCUT2D eigenvalue weighted by Gasteiger charge is 2.33. The highest BCUT2D eigenvalue weighted by Crippen LogP contribution is 2.28. The van der Waals surface area contributed by atoms with E-state index in [1.165, 1.54) is 5.56 Å². The molecule has 0 aliphatic carbocycles. The summed E-state index contributed by atoms with van der Waals surface area (Å²) in [6.07, 6.45) is 0.703. The first-order valence-electron chi connectivity index (χ1n) is 9.12. The fourth-order valence-electron chi connectivity index (χ4n) is 2.75. The number of aryl methyl sites for hydroxylation is 1. The van der Waals surface area contributed by atoms with Crippen molar-refractivity contribution < 1.29 is 31.7 Å². The van der Waals surface area contributed by atoms with Crippen molar-refractivity contribution in [2.45, 2.75) is 50.9 Å². The van der Waals surface area contributed by atoms with E-state index in [0.29, 0.717) is 24.3 Å². The molecule has 158 valence electrons. The van der Waals surface area contributed by atoms with E-state index in [-0.39, 0.29) is 11.8 Å². The van der Waals surface area contributed by atoms with E-state index >= 15 is 0 Å². The van der Waals surface area contributed by atoms with Crippen molar-refractivity contribution in [3.63, 3.8) is 0 Å². The van der Waals surface area contributed by atoms with E-state index in [1.54, 1.807) is 0 Å². The molecule has 0 fully saturated rings. The van der Waals surface area contributed by atoms with Gasteiger partial charge in [-0.2, -0.15) is 8.42 Å². The Hall–Kier alpha value is -1.83. The van der Waals surface area contributed by atoms with Crippen LogP contribution in [0.1, 0.15) is 44.7 Å². The molecule has 0 amide bonds. The van der Waals surface area contributed by atoms with Gasteiger partial charge < -0.3 is 4.74 Å². The highest BCUT2D eigenvalue weighted by molar-refractivity contribution is 7.86. The van der Waals surface area contributed by atoms with Gasteiger partial charge in [-0.25, -0.2) is 0 Å². The number of rotatable bonds is 9. The molecule has 9 heteroatoms. The number of ether oxygens (including phenoxy) is 1. The largest absolute Gasteiger partial charge is 0.696 e. The first-order chi connectivity index (χ1) is 13.4. The molecule has 0 heterocycles. The maximum absolute atomic E-state index is 11.2. The van der Waals surface area contributed by atoms with Crippen LogP contribution in [-0.4, -0.2) is 23.3 Å². The zero-order valence-corrected chi connectivity index (χ0v) is 18.3. The minimum Gasteiger partial charge on any atom is -0.457 e. The molecule has 0 saturated heterocycles. The van der Waals surface area contributed by atoms with Crippen LogP contribution in [0.2, 0.25) is 0 Å². The van der Waals surface area contributed by atoms with Gasteiger partial charge >= 0.3 is 8.25 Å². The molecule has 2 atom stereocenters. The van der Waals surface area contributed by atoms with Gasteiger partial charge in [0.05, 0.1) is 0 Å². The normalized spacial score (nSPS) is 13.8. The molecule has 2 unspecified atom stereocenters. The summed E-state index contributed by atoms with van der Waals surface area (Å²) >= 11 is 0. The van der Waals surface area contributed by atoms with Crippen molar-refractivity contribution >= 4 is 18.4 Å². The van der Waals surface area contributed by atoms with E-state index in [2.05, 4.69) is 25.3 Å². The molecule has 0 aromatic heterocycles. The topological polar surface area (TPSA) is 110 Å². The third-order valence-corrected chi connectivity index (χ3v) is 5.87. The molecule has 0 saturated carbocycles. The number of hydrogen-bond donors (Lipinski definition) is 2. The van der Waals surface area contributed by atoms with E-state index in [0.717, 1.165) is 5.56 Å². The van der Waals surface area contributed by atoms with Crippen LogP contribution in [0, 0.1) is 0 Å². The Labute approximate surface area is 172 Å². The van der Waals surface area contributed by atoms with Crippen molar-refractivity contribution in [1.82, 2.24) is 0 Å². The summed E-state index contributed by atoms with van der Waals surface area (Å²) in [5.41, 5.74) is 0.442. The molecule has 0 spiro atoms. The molecule has 7 nitrogen and oxygen atoms in total. The monoisotopic (exact) mass is 441 g/mol. The van der Waals surface area contributed by atoms with Gasteiger partial charge in [-0.1, -0.05) is 49.6 Å². The SMILES string of the molecule is CC(C)(C)c1ccc(Oc2cccc(CCCC(O[P+](=O)O)S(=O)(=O)O)c2)cc1. The van der Waals surface area contributed by atoms with E-state index in [9.17, 15) is 13.0 Å². The smallest absolute Gasteiger partial charge is 0.457 e. The van der Waals surface area contributed by atoms with Gasteiger partial charge in [0.1, 0.15) is 11.5 Å². The Morgan fingerprint density at radius 1 is 1.07 bits per heavy atom. The molecule has 0 radical (unpaired) electrons. The van der Waals surface area contributed by atoms with Gasteiger partial charge in [0.2, 0.25) is 5.44 Å². The first-order valence-corrected chi connectivity index (χ1v) is 11.7. The van der Waals surface area contributed by atoms with Gasteiger partial charge in [0, 0.05) is 4.57 Å². The zero-order chi connectivity index (χ0) is 21.7. The fraction of sp³-hybridized carbons (Fsp3) is 0.400. The van der Waals surface area contributed by atoms with Gasteiger partial charge in [0.15, 0.2) is 0 Å². The second-order valence-electron chi connectivity index (χ2n) is 7.70. The Bertz CT molecular complexity index is 934. The minimum absolute atomic E-state index is 0.0609. The lowest BCUT2D eigenvalue weighted by Gasteiger charge is -2.19. The standard InChI is InChI=1S/C20H25O7PS/c1-20(2,3)16-10-12-17(13-11-16)26-18-8-4-6-15(14-18)7-5-9-19(27-28(21)22)29(23,24)25/h4,6,8,10-14,19H,5,7,9H2,1-3H3,(H-,21,22,23,24,25)/p+1. The number of hydrogen-bond acceptors (Lipinski definition) is 5. The Morgan fingerprint density at radius 3 is 2.28 bits per heavy atom. The van der Waals surface area contributed by atoms with Crippen LogP contribution in [0.5, 0.6) is 11.5 Å². The van der Waals surface area contributed by atoms with Gasteiger partial charge in [-0.3, -0.25) is 4.55 Å². The van der Waals surface area contributed by atoms with Crippen LogP contribution in [0.4, 0.5) is 0 Å². The van der Waals surface area contributed by atoms with E-state index in [1.807, 2.05) is 48.5 Å². The molecule has 2 aromatic carbocycles. The average molecular weight is 441 g/mol. The summed E-state index contributed by atoms with van der Waals surface area (Å²) in [6.45, 7) is 6.42. The van der Waals surface area contributed by atoms with Crippen LogP contribution in [0.3, 0.4) is 0 Å². The molecule has 0 aliphatic heterocycles. The molecule has 29 heavy (non-hydrogen) atoms. The molecule has 2 N–H and O–H groups in total. The van der Waals surface area contributed by atoms with Crippen LogP contribution in [-0.2, 0) is 31.0 Å². The molecule has 0 bridgehead atoms. The minimum atomic E-state index is -4.57. The summed E-state index contributed by atoms with van der Waals surface area (Å²) in [6, 6.07) is 15.2. The summed E-state index contributed by atoms with van der Waals surface area (Å²) in [5.74, 6) is 1.36. The van der Waals surface area contributed by atoms with E-state index < -0.39 is 23.8 Å². The van der Waals surface area contributed by atoms with Crippen LogP contribution in [0.25, 0.3) is 0 Å². The second-order valence-corrected chi connectivity index (χ2v) is 9.95. The summed E-state index contributed by atoms with van der Waals surface area (Å²) in [5, 5.41) is 0. The van der Waals surface area contributed by atoms with Crippen molar-refractivity contribution in [1.29, 1.82) is 0 Å². The maximum atomic E-state index is 11.2. The Morgan fingerprint density at radius 2 is 1.72 bits per heavy atom. The lowest BCUT2D eigenvalue weighted by Crippen LogP contribution is -2.21. The van der Waals surface area contributed by atoms with Gasteiger partial charge in [-0.05, 0) is 60.1 Å². The number of benzene rings is 2. The van der Waals surface area contributed by atoms with Gasteiger partial charge in [-0.15, -0.1) is 4.89 Å². The molecular formula is C20H26O7PS+. The van der Waals surface area contributed by atoms with Crippen molar-refractivity contribution in [2.24, 2.45) is 0 Å². The third-order valence-electron chi connectivity index (χ3n) is 4.30. The molecular weight excluding hydrogens is 415 g/mol. The molecule has 0 aliphatic rings. The third kappa shape index (κ3) is 7.84. The maximum Gasteiger partial charge on any atom is 0.696 e. The van der Waals surface area contributed by atoms with E-state index in [4.69, 9.17) is 14.2 Å². The Kier molecular flexibility index (Phi) is 7.91. The van der Waals surface area contributed by atoms with Crippen LogP contribution < -0.4 is 4.74 Å². The van der Waals surface area contributed by atoms with Crippen molar-refractivity contribution in [3.05, 3.63) is 59.7 Å².